The van der Waals surface area contributed by atoms with Crippen molar-refractivity contribution in [1.29, 1.82) is 0 Å². The molecule has 0 radical (unpaired) electrons. The first-order valence-electron chi connectivity index (χ1n) is 37.5. The molecule has 18 heteroatoms. The highest BCUT2D eigenvalue weighted by Gasteiger charge is 2.35. The number of benzene rings is 12. The lowest BCUT2D eigenvalue weighted by atomic mass is 9.84. The van der Waals surface area contributed by atoms with Crippen molar-refractivity contribution >= 4 is 70.8 Å². The summed E-state index contributed by atoms with van der Waals surface area (Å²) < 4.78 is 28.7. The van der Waals surface area contributed by atoms with E-state index >= 15 is 0 Å². The Morgan fingerprint density at radius 2 is 0.947 bits per heavy atom. The molecule has 5 N–H and O–H groups in total. The standard InChI is InChI=1S/C52H53N3O7.C27H22ClNO.C15H16O2.C2H6.3H3P/c1-5-6-20-46(51(57)54-49(35-14-8-7-9-15-35)36-23-21-34(2)22-24-36)53-48(56)33-61-38-27-25-37(26-28-38)50(44-30-29-39(59-3)31-47(44)60-4)55-52(58)62-32-45-42-18-12-10-16-40(42)41-17-11-13-19-43(41)45;1-20-12-18-25(19-13-20)29-26(30)21-14-16-24(17-15-21)27(28,22-8-4-2-5-9-22)23-10-6-3-7-11-23;1-12-2-4-14(5-3-12)11-17-15-8-6-13(10-16)7-9-15;1-2;;;/h7-19,21-31,45-46,49-50H,5-6,20,32-33H2,1-4H3,(H,53,56)(H,54,57)(H,55,58);2-19H,1H3,(H,29,30);2-9,16H,10-11H2,1H3;1-2H3;3*1H3. The van der Waals surface area contributed by atoms with E-state index in [1.165, 1.54) is 5.56 Å². The first-order chi connectivity index (χ1) is 54.1. The van der Waals surface area contributed by atoms with Gasteiger partial charge in [0.05, 0.1) is 32.9 Å². The van der Waals surface area contributed by atoms with E-state index in [1.54, 1.807) is 38.5 Å². The smallest absolute Gasteiger partial charge is 0.407 e. The van der Waals surface area contributed by atoms with Crippen LogP contribution in [0.1, 0.15) is 146 Å². The largest absolute Gasteiger partial charge is 0.497 e. The maximum Gasteiger partial charge on any atom is 0.407 e. The molecule has 6 atom stereocenters. The van der Waals surface area contributed by atoms with E-state index in [9.17, 15) is 19.2 Å². The van der Waals surface area contributed by atoms with Gasteiger partial charge in [-0.05, 0) is 155 Å². The normalized spacial score (nSPS) is 11.6. The van der Waals surface area contributed by atoms with Crippen LogP contribution in [0.4, 0.5) is 10.5 Å². The van der Waals surface area contributed by atoms with Gasteiger partial charge in [0.25, 0.3) is 11.8 Å². The van der Waals surface area contributed by atoms with Crippen LogP contribution < -0.4 is 40.2 Å². The van der Waals surface area contributed by atoms with E-state index in [1.807, 2.05) is 265 Å². The van der Waals surface area contributed by atoms with Gasteiger partial charge in [-0.2, -0.15) is 29.7 Å². The van der Waals surface area contributed by atoms with Crippen molar-refractivity contribution < 1.29 is 48.0 Å². The zero-order valence-corrected chi connectivity index (χ0v) is 71.2. The zero-order valence-electron chi connectivity index (χ0n) is 66.2. The second kappa shape index (κ2) is 45.7. The average molecular weight is 1600 g/mol. The SMILES string of the molecule is CC.CCCCC(NC(=O)COc1ccc(C(NC(=O)OCC2c3ccccc3-c3ccccc32)c2ccc(OC)cc2OC)cc1)C(=O)NC(c1ccccc1)c1ccc(C)cc1.Cc1ccc(COc2ccc(CO)cc2)cc1.Cc1ccc(NC(=O)c2ccc(C(Cl)(c3ccccc3)c3ccccc3)cc2)cc1.P.P.P. The van der Waals surface area contributed by atoms with Gasteiger partial charge in [-0.3, -0.25) is 14.4 Å². The number of hydrogen-bond acceptors (Lipinski definition) is 10. The Morgan fingerprint density at radius 1 is 0.482 bits per heavy atom. The van der Waals surface area contributed by atoms with Gasteiger partial charge in [-0.25, -0.2) is 4.79 Å². The predicted octanol–water partition coefficient (Wildman–Crippen LogP) is 20.6. The Morgan fingerprint density at radius 3 is 1.49 bits per heavy atom. The summed E-state index contributed by atoms with van der Waals surface area (Å²) in [7, 11) is 3.14. The van der Waals surface area contributed by atoms with Gasteiger partial charge < -0.3 is 50.1 Å². The van der Waals surface area contributed by atoms with Crippen molar-refractivity contribution in [3.05, 3.63) is 387 Å². The number of carbonyl (C=O) groups excluding carboxylic acids is 4. The van der Waals surface area contributed by atoms with Crippen LogP contribution in [0.2, 0.25) is 0 Å². The molecule has 4 amide bonds. The van der Waals surface area contributed by atoms with E-state index in [2.05, 4.69) is 76.7 Å². The minimum absolute atomic E-state index is 0. The van der Waals surface area contributed by atoms with E-state index in [4.69, 9.17) is 40.4 Å². The number of methoxy groups -OCH3 is 2. The first kappa shape index (κ1) is 90.3. The second-order valence-electron chi connectivity index (χ2n) is 26.8. The van der Waals surface area contributed by atoms with Gasteiger partial charge >= 0.3 is 6.09 Å². The van der Waals surface area contributed by atoms with Crippen molar-refractivity contribution in [1.82, 2.24) is 16.0 Å². The van der Waals surface area contributed by atoms with Crippen LogP contribution in [-0.4, -0.2) is 62.4 Å². The number of unbranched alkanes of at least 4 members (excludes halogenated alkanes) is 1. The van der Waals surface area contributed by atoms with Crippen LogP contribution in [-0.2, 0) is 32.4 Å². The van der Waals surface area contributed by atoms with Gasteiger partial charge in [0.1, 0.15) is 47.1 Å². The lowest BCUT2D eigenvalue weighted by Crippen LogP contribution is -2.49. The monoisotopic (exact) mass is 1600 g/mol. The van der Waals surface area contributed by atoms with E-state index in [0.717, 1.165) is 102 Å². The Bertz CT molecular complexity index is 4850. The Hall–Kier alpha value is -10.9. The second-order valence-corrected chi connectivity index (χ2v) is 27.3. The molecule has 0 fully saturated rings. The number of carbonyl (C=O) groups is 4. The average Bonchev–Trinajstić information content (AvgIpc) is 1.58. The fourth-order valence-corrected chi connectivity index (χ4v) is 13.4. The molecule has 114 heavy (non-hydrogen) atoms. The summed E-state index contributed by atoms with van der Waals surface area (Å²) >= 11 is 7.29. The van der Waals surface area contributed by atoms with E-state index in [0.29, 0.717) is 41.4 Å². The molecule has 0 aromatic heterocycles. The number of aliphatic hydroxyl groups is 1. The fourth-order valence-electron chi connectivity index (χ4n) is 13.0. The number of ether oxygens (including phenoxy) is 5. The topological polar surface area (TPSA) is 183 Å². The van der Waals surface area contributed by atoms with Gasteiger partial charge in [0.15, 0.2) is 6.61 Å². The van der Waals surface area contributed by atoms with Crippen molar-refractivity contribution in [2.75, 3.05) is 32.8 Å². The molecule has 14 nitrogen and oxygen atoms in total. The summed E-state index contributed by atoms with van der Waals surface area (Å²) in [5.41, 5.74) is 17.6. The maximum absolute atomic E-state index is 13.8. The van der Waals surface area contributed by atoms with Crippen LogP contribution in [0, 0.1) is 20.8 Å². The van der Waals surface area contributed by atoms with Crippen molar-refractivity contribution in [3.63, 3.8) is 0 Å². The first-order valence-corrected chi connectivity index (χ1v) is 37.9. The Balaban J connectivity index is 0.000000284. The number of rotatable bonds is 27. The number of fused-ring (bicyclic) bond motifs is 3. The van der Waals surface area contributed by atoms with Crippen molar-refractivity contribution in [2.24, 2.45) is 0 Å². The van der Waals surface area contributed by atoms with Gasteiger partial charge in [0.2, 0.25) is 5.91 Å². The van der Waals surface area contributed by atoms with E-state index in [-0.39, 0.29) is 73.3 Å². The number of halogens is 1. The molecule has 0 spiro atoms. The number of anilines is 1. The Kier molecular flexibility index (Phi) is 36.2. The molecule has 1 aliphatic rings. The third kappa shape index (κ3) is 24.5. The van der Waals surface area contributed by atoms with Crippen LogP contribution >= 0.6 is 41.3 Å². The number of aliphatic hydroxyl groups excluding tert-OH is 1. The molecule has 0 bridgehead atoms. The molecular formula is C96H106ClN4O10P3. The molecule has 12 aromatic carbocycles. The molecular weight excluding hydrogens is 1500 g/mol. The quantitative estimate of drug-likeness (QED) is 0.0189. The highest BCUT2D eigenvalue weighted by Crippen LogP contribution is 2.46. The number of hydrogen-bond donors (Lipinski definition) is 5. The van der Waals surface area contributed by atoms with Gasteiger partial charge in [-0.1, -0.05) is 287 Å². The molecule has 13 rings (SSSR count). The number of alkyl halides is 1. The fraction of sp³-hybridized carbons (Fsp3) is 0.208. The molecule has 0 saturated heterocycles. The van der Waals surface area contributed by atoms with E-state index < -0.39 is 29.0 Å². The minimum Gasteiger partial charge on any atom is -0.497 e. The highest BCUT2D eigenvalue weighted by atomic mass is 35.5. The molecule has 6 unspecified atom stereocenters. The maximum atomic E-state index is 13.8. The molecule has 0 heterocycles. The molecule has 0 saturated carbocycles. The predicted molar refractivity (Wildman–Crippen MR) is 477 cm³/mol. The van der Waals surface area contributed by atoms with Crippen LogP contribution in [0.5, 0.6) is 23.0 Å². The zero-order chi connectivity index (χ0) is 78.5. The van der Waals surface area contributed by atoms with Crippen molar-refractivity contribution in [2.45, 2.75) is 103 Å². The lowest BCUT2D eigenvalue weighted by Gasteiger charge is -2.29. The lowest BCUT2D eigenvalue weighted by molar-refractivity contribution is -0.130. The van der Waals surface area contributed by atoms with Crippen LogP contribution in [0.15, 0.2) is 303 Å². The number of aryl methyl sites for hydroxylation is 3. The van der Waals surface area contributed by atoms with Gasteiger partial charge in [0, 0.05) is 28.8 Å². The van der Waals surface area contributed by atoms with Crippen molar-refractivity contribution in [3.8, 4) is 34.1 Å². The summed E-state index contributed by atoms with van der Waals surface area (Å²) in [5.74, 6) is 1.43. The summed E-state index contributed by atoms with van der Waals surface area (Å²) in [4.78, 5) is 52.7. The van der Waals surface area contributed by atoms with Crippen LogP contribution in [0.25, 0.3) is 11.1 Å². The summed E-state index contributed by atoms with van der Waals surface area (Å²) in [6, 6.07) is 95.9. The third-order valence-electron chi connectivity index (χ3n) is 19.1. The van der Waals surface area contributed by atoms with Crippen LogP contribution in [0.3, 0.4) is 0 Å². The Labute approximate surface area is 687 Å². The summed E-state index contributed by atoms with van der Waals surface area (Å²) in [6.07, 6.45) is 1.50. The minimum atomic E-state index is -0.839. The highest BCUT2D eigenvalue weighted by molar-refractivity contribution is 6.92. The number of nitrogens with one attached hydrogen (secondary N) is 4. The summed E-state index contributed by atoms with van der Waals surface area (Å²) in [6.45, 7) is 12.6. The molecule has 0 aliphatic heterocycles. The molecule has 12 aromatic rings. The molecule has 1 aliphatic carbocycles. The number of amides is 4. The summed E-state index contributed by atoms with van der Waals surface area (Å²) in [5, 5.41) is 21.0. The molecule has 592 valence electrons. The third-order valence-corrected chi connectivity index (χ3v) is 19.8. The van der Waals surface area contributed by atoms with Gasteiger partial charge in [-0.15, -0.1) is 11.6 Å². The number of alkyl carbamates (subject to hydrolysis) is 1.